The molecule has 7 nitrogen and oxygen atoms in total. The SMILES string of the molecule is Cc1nc(-c2ccc(NC(=O)C(N)C3CCOCC3)cc2)n[nH]1.Cl. The molecule has 3 rings (SSSR count). The first-order valence-electron chi connectivity index (χ1n) is 7.77. The fourth-order valence-electron chi connectivity index (χ4n) is 2.69. The number of H-pyrrole nitrogens is 1. The highest BCUT2D eigenvalue weighted by Gasteiger charge is 2.26. The van der Waals surface area contributed by atoms with Gasteiger partial charge in [0.05, 0.1) is 6.04 Å². The molecule has 0 saturated carbocycles. The minimum absolute atomic E-state index is 0. The lowest BCUT2D eigenvalue weighted by Gasteiger charge is -2.26. The molecule has 0 spiro atoms. The maximum Gasteiger partial charge on any atom is 0.241 e. The Morgan fingerprint density at radius 1 is 1.33 bits per heavy atom. The molecule has 4 N–H and O–H groups in total. The molecule has 1 amide bonds. The summed E-state index contributed by atoms with van der Waals surface area (Å²) < 4.78 is 5.30. The van der Waals surface area contributed by atoms with Crippen LogP contribution < -0.4 is 11.1 Å². The number of amides is 1. The Morgan fingerprint density at radius 3 is 2.58 bits per heavy atom. The molecule has 1 aliphatic heterocycles. The van der Waals surface area contributed by atoms with Crippen LogP contribution in [0, 0.1) is 12.8 Å². The second kappa shape index (κ2) is 8.23. The number of nitrogens with one attached hydrogen (secondary N) is 2. The number of nitrogens with zero attached hydrogens (tertiary/aromatic N) is 2. The van der Waals surface area contributed by atoms with Crippen molar-refractivity contribution < 1.29 is 9.53 Å². The predicted molar refractivity (Wildman–Crippen MR) is 94.0 cm³/mol. The van der Waals surface area contributed by atoms with Gasteiger partial charge in [-0.15, -0.1) is 12.4 Å². The third-order valence-corrected chi connectivity index (χ3v) is 4.08. The maximum atomic E-state index is 12.3. The lowest BCUT2D eigenvalue weighted by Crippen LogP contribution is -2.43. The van der Waals surface area contributed by atoms with E-state index in [4.69, 9.17) is 10.5 Å². The molecule has 1 aromatic heterocycles. The van der Waals surface area contributed by atoms with E-state index in [2.05, 4.69) is 20.5 Å². The van der Waals surface area contributed by atoms with Gasteiger partial charge in [0.1, 0.15) is 5.82 Å². The van der Waals surface area contributed by atoms with Crippen LogP contribution in [0.5, 0.6) is 0 Å². The number of ether oxygens (including phenoxy) is 1. The van der Waals surface area contributed by atoms with Gasteiger partial charge >= 0.3 is 0 Å². The Morgan fingerprint density at radius 2 is 2.00 bits per heavy atom. The number of rotatable bonds is 4. The highest BCUT2D eigenvalue weighted by Crippen LogP contribution is 2.20. The number of aromatic amines is 1. The van der Waals surface area contributed by atoms with Gasteiger partial charge < -0.3 is 15.8 Å². The van der Waals surface area contributed by atoms with E-state index in [-0.39, 0.29) is 24.2 Å². The van der Waals surface area contributed by atoms with Crippen LogP contribution in [0.15, 0.2) is 24.3 Å². The van der Waals surface area contributed by atoms with E-state index < -0.39 is 6.04 Å². The van der Waals surface area contributed by atoms with Gasteiger partial charge in [0.15, 0.2) is 5.82 Å². The number of anilines is 1. The summed E-state index contributed by atoms with van der Waals surface area (Å²) in [6.45, 7) is 3.20. The van der Waals surface area contributed by atoms with Crippen molar-refractivity contribution >= 4 is 24.0 Å². The molecular weight excluding hydrogens is 330 g/mol. The van der Waals surface area contributed by atoms with E-state index in [1.54, 1.807) is 0 Å². The van der Waals surface area contributed by atoms with Crippen LogP contribution in [-0.2, 0) is 9.53 Å². The first-order valence-corrected chi connectivity index (χ1v) is 7.77. The molecule has 0 aliphatic carbocycles. The average molecular weight is 352 g/mol. The quantitative estimate of drug-likeness (QED) is 0.780. The molecule has 1 fully saturated rings. The summed E-state index contributed by atoms with van der Waals surface area (Å²) in [5.41, 5.74) is 7.68. The van der Waals surface area contributed by atoms with Crippen molar-refractivity contribution in [3.63, 3.8) is 0 Å². The van der Waals surface area contributed by atoms with Crippen molar-refractivity contribution in [2.45, 2.75) is 25.8 Å². The van der Waals surface area contributed by atoms with Gasteiger partial charge in [-0.05, 0) is 49.9 Å². The molecule has 1 saturated heterocycles. The number of halogens is 1. The van der Waals surface area contributed by atoms with Gasteiger partial charge in [0.2, 0.25) is 5.91 Å². The number of aryl methyl sites for hydroxylation is 1. The number of benzene rings is 1. The highest BCUT2D eigenvalue weighted by atomic mass is 35.5. The Bertz CT molecular complexity index is 667. The normalized spacial score (nSPS) is 16.2. The summed E-state index contributed by atoms with van der Waals surface area (Å²) in [4.78, 5) is 16.5. The summed E-state index contributed by atoms with van der Waals surface area (Å²) in [5.74, 6) is 1.43. The smallest absolute Gasteiger partial charge is 0.241 e. The molecule has 1 atom stereocenters. The van der Waals surface area contributed by atoms with Crippen LogP contribution in [0.1, 0.15) is 18.7 Å². The van der Waals surface area contributed by atoms with Crippen LogP contribution in [0.4, 0.5) is 5.69 Å². The summed E-state index contributed by atoms with van der Waals surface area (Å²) in [7, 11) is 0. The maximum absolute atomic E-state index is 12.3. The van der Waals surface area contributed by atoms with E-state index in [1.165, 1.54) is 0 Å². The Labute approximate surface area is 146 Å². The number of carbonyl (C=O) groups is 1. The van der Waals surface area contributed by atoms with Gasteiger partial charge in [-0.25, -0.2) is 4.98 Å². The number of hydrogen-bond acceptors (Lipinski definition) is 5. The molecule has 0 bridgehead atoms. The zero-order valence-electron chi connectivity index (χ0n) is 13.5. The molecule has 2 heterocycles. The Hall–Kier alpha value is -1.96. The summed E-state index contributed by atoms with van der Waals surface area (Å²) in [5, 5.41) is 9.79. The van der Waals surface area contributed by atoms with Gasteiger partial charge in [-0.2, -0.15) is 5.10 Å². The molecule has 1 unspecified atom stereocenters. The third-order valence-electron chi connectivity index (χ3n) is 4.08. The predicted octanol–water partition coefficient (Wildman–Crippen LogP) is 1.89. The molecule has 1 aromatic carbocycles. The number of aromatic nitrogens is 3. The van der Waals surface area contributed by atoms with Crippen molar-refractivity contribution in [1.29, 1.82) is 0 Å². The largest absolute Gasteiger partial charge is 0.381 e. The lowest BCUT2D eigenvalue weighted by molar-refractivity contribution is -0.119. The molecular formula is C16H22ClN5O2. The van der Waals surface area contributed by atoms with E-state index in [1.807, 2.05) is 31.2 Å². The third kappa shape index (κ3) is 4.31. The number of hydrogen-bond donors (Lipinski definition) is 3. The van der Waals surface area contributed by atoms with E-state index in [0.717, 1.165) is 24.2 Å². The van der Waals surface area contributed by atoms with Crippen molar-refractivity contribution in [2.24, 2.45) is 11.7 Å². The van der Waals surface area contributed by atoms with Crippen LogP contribution in [0.2, 0.25) is 0 Å². The van der Waals surface area contributed by atoms with Crippen LogP contribution in [0.3, 0.4) is 0 Å². The Balaban J connectivity index is 0.00000208. The van der Waals surface area contributed by atoms with Gasteiger partial charge in [0, 0.05) is 24.5 Å². The van der Waals surface area contributed by atoms with Gasteiger partial charge in [-0.3, -0.25) is 9.89 Å². The molecule has 1 aliphatic rings. The average Bonchev–Trinajstić information content (AvgIpc) is 3.02. The Kier molecular flexibility index (Phi) is 6.30. The zero-order chi connectivity index (χ0) is 16.2. The van der Waals surface area contributed by atoms with E-state index in [0.29, 0.717) is 24.7 Å². The summed E-state index contributed by atoms with van der Waals surface area (Å²) >= 11 is 0. The van der Waals surface area contributed by atoms with E-state index in [9.17, 15) is 4.79 Å². The summed E-state index contributed by atoms with van der Waals surface area (Å²) in [6.07, 6.45) is 1.66. The fraction of sp³-hybridized carbons (Fsp3) is 0.438. The minimum atomic E-state index is -0.505. The summed E-state index contributed by atoms with van der Waals surface area (Å²) in [6, 6.07) is 6.90. The molecule has 0 radical (unpaired) electrons. The van der Waals surface area contributed by atoms with Gasteiger partial charge in [-0.1, -0.05) is 0 Å². The second-order valence-electron chi connectivity index (χ2n) is 5.79. The van der Waals surface area contributed by atoms with Gasteiger partial charge in [0.25, 0.3) is 0 Å². The monoisotopic (exact) mass is 351 g/mol. The minimum Gasteiger partial charge on any atom is -0.381 e. The first-order chi connectivity index (χ1) is 11.1. The first kappa shape index (κ1) is 18.4. The van der Waals surface area contributed by atoms with Crippen LogP contribution in [-0.4, -0.2) is 40.3 Å². The van der Waals surface area contributed by atoms with Crippen LogP contribution in [0.25, 0.3) is 11.4 Å². The second-order valence-corrected chi connectivity index (χ2v) is 5.79. The number of carbonyl (C=O) groups excluding carboxylic acids is 1. The van der Waals surface area contributed by atoms with Crippen molar-refractivity contribution in [3.05, 3.63) is 30.1 Å². The topological polar surface area (TPSA) is 106 Å². The molecule has 2 aromatic rings. The van der Waals surface area contributed by atoms with E-state index >= 15 is 0 Å². The van der Waals surface area contributed by atoms with Crippen molar-refractivity contribution in [1.82, 2.24) is 15.2 Å². The number of nitrogens with two attached hydrogens (primary N) is 1. The van der Waals surface area contributed by atoms with Crippen molar-refractivity contribution in [3.8, 4) is 11.4 Å². The molecule has 130 valence electrons. The molecule has 24 heavy (non-hydrogen) atoms. The standard InChI is InChI=1S/C16H21N5O2.ClH/c1-10-18-15(21-20-10)12-2-4-13(5-3-12)19-16(22)14(17)11-6-8-23-9-7-11;/h2-5,11,14H,6-9,17H2,1H3,(H,19,22)(H,18,20,21);1H. The lowest BCUT2D eigenvalue weighted by atomic mass is 9.92. The van der Waals surface area contributed by atoms with Crippen molar-refractivity contribution in [2.75, 3.05) is 18.5 Å². The zero-order valence-corrected chi connectivity index (χ0v) is 14.3. The molecule has 8 heteroatoms. The fourth-order valence-corrected chi connectivity index (χ4v) is 2.69. The highest BCUT2D eigenvalue weighted by molar-refractivity contribution is 5.95. The van der Waals surface area contributed by atoms with Crippen LogP contribution >= 0.6 is 12.4 Å².